The summed E-state index contributed by atoms with van der Waals surface area (Å²) in [7, 11) is 1.49. The molecule has 0 fully saturated rings. The van der Waals surface area contributed by atoms with Crippen molar-refractivity contribution in [2.75, 3.05) is 25.6 Å². The van der Waals surface area contributed by atoms with E-state index in [1.54, 1.807) is 31.2 Å². The normalized spacial score (nSPS) is 10.1. The van der Waals surface area contributed by atoms with Gasteiger partial charge in [0.15, 0.2) is 6.61 Å². The van der Waals surface area contributed by atoms with E-state index in [0.29, 0.717) is 23.7 Å². The van der Waals surface area contributed by atoms with E-state index in [1.165, 1.54) is 25.3 Å². The van der Waals surface area contributed by atoms with Crippen LogP contribution in [-0.4, -0.2) is 37.1 Å². The Labute approximate surface area is 161 Å². The second-order valence-electron chi connectivity index (χ2n) is 5.57. The Morgan fingerprint density at radius 1 is 1.18 bits per heavy atom. The number of methoxy groups -OCH3 is 1. The van der Waals surface area contributed by atoms with Crippen LogP contribution in [0.3, 0.4) is 0 Å². The molecular weight excluding hydrogens is 368 g/mol. The molecule has 148 valence electrons. The summed E-state index contributed by atoms with van der Waals surface area (Å²) in [4.78, 5) is 34.5. The Bertz CT molecular complexity index is 867. The number of benzene rings is 2. The summed E-state index contributed by atoms with van der Waals surface area (Å²) < 4.78 is 15.3. The van der Waals surface area contributed by atoms with Gasteiger partial charge in [0, 0.05) is 5.56 Å². The third kappa shape index (κ3) is 5.70. The van der Waals surface area contributed by atoms with Crippen molar-refractivity contribution in [3.05, 3.63) is 58.1 Å². The molecule has 0 bridgehead atoms. The molecule has 9 nitrogen and oxygen atoms in total. The molecule has 2 aromatic carbocycles. The minimum atomic E-state index is -0.694. The fourth-order valence-corrected chi connectivity index (χ4v) is 2.41. The number of carbonyl (C=O) groups excluding carboxylic acids is 2. The number of rotatable bonds is 9. The van der Waals surface area contributed by atoms with E-state index in [-0.39, 0.29) is 17.8 Å². The lowest BCUT2D eigenvalue weighted by Gasteiger charge is -2.10. The Balaban J connectivity index is 1.95. The first kappa shape index (κ1) is 20.7. The topological polar surface area (TPSA) is 117 Å². The maximum Gasteiger partial charge on any atom is 0.310 e. The Morgan fingerprint density at radius 3 is 2.61 bits per heavy atom. The van der Waals surface area contributed by atoms with Crippen molar-refractivity contribution < 1.29 is 28.7 Å². The van der Waals surface area contributed by atoms with Gasteiger partial charge in [-0.25, -0.2) is 0 Å². The van der Waals surface area contributed by atoms with Crippen molar-refractivity contribution >= 4 is 23.3 Å². The van der Waals surface area contributed by atoms with Gasteiger partial charge in [0.2, 0.25) is 0 Å². The summed E-state index contributed by atoms with van der Waals surface area (Å²) in [6.45, 7) is 1.53. The van der Waals surface area contributed by atoms with Crippen LogP contribution in [0.5, 0.6) is 11.5 Å². The van der Waals surface area contributed by atoms with Crippen LogP contribution >= 0.6 is 0 Å². The average molecular weight is 388 g/mol. The third-order valence-corrected chi connectivity index (χ3v) is 3.64. The zero-order valence-electron chi connectivity index (χ0n) is 15.5. The number of nitro groups is 1. The Morgan fingerprint density at radius 2 is 1.93 bits per heavy atom. The van der Waals surface area contributed by atoms with Crippen LogP contribution in [-0.2, 0) is 20.7 Å². The predicted octanol–water partition coefficient (Wildman–Crippen LogP) is 2.73. The molecule has 1 amide bonds. The number of nitrogens with one attached hydrogen (secondary N) is 1. The first-order valence-electron chi connectivity index (χ1n) is 8.43. The maximum atomic E-state index is 12.0. The van der Waals surface area contributed by atoms with E-state index < -0.39 is 23.4 Å². The highest BCUT2D eigenvalue weighted by atomic mass is 16.6. The van der Waals surface area contributed by atoms with Gasteiger partial charge in [-0.05, 0) is 25.1 Å². The number of ether oxygens (including phenoxy) is 3. The van der Waals surface area contributed by atoms with E-state index in [4.69, 9.17) is 14.2 Å². The number of anilines is 1. The molecule has 0 saturated carbocycles. The number of esters is 1. The number of carbonyl (C=O) groups is 2. The molecule has 2 aromatic rings. The van der Waals surface area contributed by atoms with Gasteiger partial charge in [-0.1, -0.05) is 18.2 Å². The average Bonchev–Trinajstić information content (AvgIpc) is 2.68. The lowest BCUT2D eigenvalue weighted by atomic mass is 10.1. The molecule has 0 atom stereocenters. The summed E-state index contributed by atoms with van der Waals surface area (Å²) in [5.74, 6) is -0.467. The fraction of sp³-hybridized carbons (Fsp3) is 0.263. The summed E-state index contributed by atoms with van der Waals surface area (Å²) in [6.07, 6.45) is -0.0690. The smallest absolute Gasteiger partial charge is 0.310 e. The van der Waals surface area contributed by atoms with Crippen molar-refractivity contribution in [3.63, 3.8) is 0 Å². The number of nitro benzene ring substituents is 1. The molecule has 28 heavy (non-hydrogen) atoms. The van der Waals surface area contributed by atoms with Crippen LogP contribution in [0.2, 0.25) is 0 Å². The van der Waals surface area contributed by atoms with Crippen LogP contribution in [0.15, 0.2) is 42.5 Å². The number of hydrogen-bond donors (Lipinski definition) is 1. The van der Waals surface area contributed by atoms with Crippen molar-refractivity contribution in [2.24, 2.45) is 0 Å². The predicted molar refractivity (Wildman–Crippen MR) is 101 cm³/mol. The molecule has 9 heteroatoms. The van der Waals surface area contributed by atoms with E-state index in [0.717, 1.165) is 0 Å². The third-order valence-electron chi connectivity index (χ3n) is 3.64. The second-order valence-corrected chi connectivity index (χ2v) is 5.57. The molecule has 0 aliphatic rings. The Kier molecular flexibility index (Phi) is 7.32. The van der Waals surface area contributed by atoms with Gasteiger partial charge >= 0.3 is 5.97 Å². The minimum absolute atomic E-state index is 0.0146. The summed E-state index contributed by atoms with van der Waals surface area (Å²) in [5.41, 5.74) is 0.288. The largest absolute Gasteiger partial charge is 0.496 e. The zero-order valence-corrected chi connectivity index (χ0v) is 15.5. The van der Waals surface area contributed by atoms with Crippen molar-refractivity contribution in [1.82, 2.24) is 0 Å². The number of hydrogen-bond acceptors (Lipinski definition) is 7. The van der Waals surface area contributed by atoms with Crippen molar-refractivity contribution in [3.8, 4) is 11.5 Å². The fourth-order valence-electron chi connectivity index (χ4n) is 2.41. The SMILES string of the molecule is CCOc1ccc(NC(=O)COC(=O)Cc2ccccc2OC)c([N+](=O)[O-])c1. The number of nitrogens with zero attached hydrogens (tertiary/aromatic N) is 1. The van der Waals surface area contributed by atoms with Gasteiger partial charge in [-0.3, -0.25) is 19.7 Å². The molecule has 0 spiro atoms. The van der Waals surface area contributed by atoms with Crippen molar-refractivity contribution in [2.45, 2.75) is 13.3 Å². The zero-order chi connectivity index (χ0) is 20.5. The van der Waals surface area contributed by atoms with Crippen molar-refractivity contribution in [1.29, 1.82) is 0 Å². The van der Waals surface area contributed by atoms with Crippen LogP contribution in [0.25, 0.3) is 0 Å². The van der Waals surface area contributed by atoms with Crippen LogP contribution in [0.4, 0.5) is 11.4 Å². The van der Waals surface area contributed by atoms with Gasteiger partial charge in [0.05, 0.1) is 31.1 Å². The van der Waals surface area contributed by atoms with Gasteiger partial charge in [0.1, 0.15) is 17.2 Å². The molecule has 0 unspecified atom stereocenters. The van der Waals surface area contributed by atoms with E-state index >= 15 is 0 Å². The van der Waals surface area contributed by atoms with Gasteiger partial charge in [0.25, 0.3) is 11.6 Å². The molecule has 0 saturated heterocycles. The molecule has 0 radical (unpaired) electrons. The highest BCUT2D eigenvalue weighted by molar-refractivity contribution is 5.95. The summed E-state index contributed by atoms with van der Waals surface area (Å²) >= 11 is 0. The number of amides is 1. The first-order chi connectivity index (χ1) is 13.4. The monoisotopic (exact) mass is 388 g/mol. The minimum Gasteiger partial charge on any atom is -0.496 e. The lowest BCUT2D eigenvalue weighted by molar-refractivity contribution is -0.384. The molecule has 0 aliphatic heterocycles. The summed E-state index contributed by atoms with van der Waals surface area (Å²) in [5, 5.41) is 13.6. The highest BCUT2D eigenvalue weighted by Gasteiger charge is 2.18. The van der Waals surface area contributed by atoms with E-state index in [1.807, 2.05) is 0 Å². The van der Waals surface area contributed by atoms with Gasteiger partial charge in [-0.2, -0.15) is 0 Å². The quantitative estimate of drug-likeness (QED) is 0.399. The Hall–Kier alpha value is -3.62. The molecule has 2 rings (SSSR count). The molecule has 0 aromatic heterocycles. The molecular formula is C19H20N2O7. The standard InChI is InChI=1S/C19H20N2O7/c1-3-27-14-8-9-15(16(11-14)21(24)25)20-18(22)12-28-19(23)10-13-6-4-5-7-17(13)26-2/h4-9,11H,3,10,12H2,1-2H3,(H,20,22). The first-order valence-corrected chi connectivity index (χ1v) is 8.43. The molecule has 1 N–H and O–H groups in total. The lowest BCUT2D eigenvalue weighted by Crippen LogP contribution is -2.22. The highest BCUT2D eigenvalue weighted by Crippen LogP contribution is 2.29. The van der Waals surface area contributed by atoms with Crippen LogP contribution in [0.1, 0.15) is 12.5 Å². The van der Waals surface area contributed by atoms with Crippen LogP contribution in [0, 0.1) is 10.1 Å². The van der Waals surface area contributed by atoms with Gasteiger partial charge in [-0.15, -0.1) is 0 Å². The second kappa shape index (κ2) is 9.91. The van der Waals surface area contributed by atoms with Gasteiger partial charge < -0.3 is 19.5 Å². The van der Waals surface area contributed by atoms with E-state index in [9.17, 15) is 19.7 Å². The molecule has 0 aliphatic carbocycles. The maximum absolute atomic E-state index is 12.0. The van der Waals surface area contributed by atoms with Crippen LogP contribution < -0.4 is 14.8 Å². The molecule has 0 heterocycles. The summed E-state index contributed by atoms with van der Waals surface area (Å²) in [6, 6.07) is 11.0. The van der Waals surface area contributed by atoms with E-state index in [2.05, 4.69) is 5.32 Å². The number of para-hydroxylation sites is 1.